The Balaban J connectivity index is 1.48. The van der Waals surface area contributed by atoms with Crippen molar-refractivity contribution in [3.63, 3.8) is 0 Å². The van der Waals surface area contributed by atoms with Crippen LogP contribution in [0.4, 0.5) is 0 Å². The van der Waals surface area contributed by atoms with Crippen LogP contribution in [0.2, 0.25) is 0 Å². The Morgan fingerprint density at radius 3 is 2.62 bits per heavy atom. The molecule has 0 spiro atoms. The van der Waals surface area contributed by atoms with E-state index in [0.717, 1.165) is 11.1 Å². The standard InChI is InChI=1S/C22H22N2O7S/c1-12(25)17-20(28)24-18(22(29)30)19(32-21(17)24)14-6-4-13(5-7-14)9-23-8-2-3-15(10-23)31-11-16(26)27/h2-8,10,12,17-19,21,25H,9,11H2,1H3,(H-,26,27,29,30)/t12-,17+,18?,19?,21-/m1/s1. The molecule has 2 aliphatic heterocycles. The Labute approximate surface area is 188 Å². The summed E-state index contributed by atoms with van der Waals surface area (Å²) in [6, 6.07) is 9.91. The minimum atomic E-state index is -1.30. The number of benzene rings is 1. The third-order valence-electron chi connectivity index (χ3n) is 5.63. The molecule has 1 amide bonds. The zero-order valence-electron chi connectivity index (χ0n) is 17.2. The Kier molecular flexibility index (Phi) is 6.07. The summed E-state index contributed by atoms with van der Waals surface area (Å²) in [6.07, 6.45) is 2.67. The Hall–Kier alpha value is -3.11. The van der Waals surface area contributed by atoms with Gasteiger partial charge in [0.15, 0.2) is 18.5 Å². The van der Waals surface area contributed by atoms with E-state index >= 15 is 0 Å². The number of hydrogen-bond donors (Lipinski definition) is 2. The number of rotatable bonds is 8. The van der Waals surface area contributed by atoms with E-state index in [-0.39, 0.29) is 11.3 Å². The van der Waals surface area contributed by atoms with Crippen molar-refractivity contribution in [2.24, 2.45) is 5.92 Å². The molecule has 2 aromatic rings. The molecule has 32 heavy (non-hydrogen) atoms. The minimum absolute atomic E-state index is 0.318. The molecule has 168 valence electrons. The van der Waals surface area contributed by atoms with Gasteiger partial charge in [0.2, 0.25) is 12.1 Å². The largest absolute Gasteiger partial charge is 0.546 e. The van der Waals surface area contributed by atoms with Crippen molar-refractivity contribution >= 4 is 29.6 Å². The molecule has 2 fully saturated rings. The first-order valence-electron chi connectivity index (χ1n) is 10.1. The van der Waals surface area contributed by atoms with E-state index in [1.807, 2.05) is 35.0 Å². The molecule has 2 aliphatic rings. The third-order valence-corrected chi connectivity index (χ3v) is 7.25. The second-order valence-corrected chi connectivity index (χ2v) is 9.12. The van der Waals surface area contributed by atoms with Gasteiger partial charge in [-0.25, -0.2) is 4.79 Å². The lowest BCUT2D eigenvalue weighted by Gasteiger charge is -2.44. The number of thioether (sulfide) groups is 1. The van der Waals surface area contributed by atoms with Crippen molar-refractivity contribution in [3.8, 4) is 5.75 Å². The number of hydrogen-bond acceptors (Lipinski definition) is 7. The van der Waals surface area contributed by atoms with Crippen molar-refractivity contribution < 1.29 is 39.0 Å². The van der Waals surface area contributed by atoms with E-state index in [1.54, 1.807) is 25.3 Å². The average Bonchev–Trinajstić information content (AvgIpc) is 3.08. The van der Waals surface area contributed by atoms with Crippen LogP contribution < -0.4 is 14.4 Å². The number of β-lactam (4-membered cyclic amide) rings is 1. The van der Waals surface area contributed by atoms with Gasteiger partial charge >= 0.3 is 5.97 Å². The SMILES string of the molecule is C[C@@H](O)[C@H]1C(=O)N2C(C(=O)O)C(c3ccc(C[n+]4cccc(OCC(=O)[O-])c4)cc3)S[C@H]12. The zero-order chi connectivity index (χ0) is 23.0. The predicted octanol–water partition coefficient (Wildman–Crippen LogP) is -0.442. The molecule has 10 heteroatoms. The number of pyridine rings is 1. The second-order valence-electron chi connectivity index (χ2n) is 7.86. The summed E-state index contributed by atoms with van der Waals surface area (Å²) in [6.45, 7) is 1.52. The van der Waals surface area contributed by atoms with Gasteiger partial charge in [-0.3, -0.25) is 4.79 Å². The first-order valence-corrected chi connectivity index (χ1v) is 11.0. The summed E-state index contributed by atoms with van der Waals surface area (Å²) < 4.78 is 6.97. The molecule has 0 bridgehead atoms. The van der Waals surface area contributed by atoms with Crippen molar-refractivity contribution in [2.45, 2.75) is 36.2 Å². The lowest BCUT2D eigenvalue weighted by Crippen LogP contribution is -2.64. The zero-order valence-corrected chi connectivity index (χ0v) is 18.0. The van der Waals surface area contributed by atoms with Crippen LogP contribution in [0.15, 0.2) is 48.8 Å². The maximum atomic E-state index is 12.4. The third kappa shape index (κ3) is 4.15. The molecular weight excluding hydrogens is 436 g/mol. The van der Waals surface area contributed by atoms with Crippen LogP contribution in [-0.4, -0.2) is 57.1 Å². The van der Waals surface area contributed by atoms with Crippen LogP contribution in [0.3, 0.4) is 0 Å². The normalized spacial score (nSPS) is 25.1. The fraction of sp³-hybridized carbons (Fsp3) is 0.364. The van der Waals surface area contributed by atoms with Gasteiger partial charge < -0.3 is 29.8 Å². The molecule has 9 nitrogen and oxygen atoms in total. The highest BCUT2D eigenvalue weighted by Gasteiger charge is 2.62. The van der Waals surface area contributed by atoms with Crippen LogP contribution in [0.5, 0.6) is 5.75 Å². The fourth-order valence-corrected chi connectivity index (χ4v) is 6.02. The van der Waals surface area contributed by atoms with Gasteiger partial charge in [-0.15, -0.1) is 11.8 Å². The molecule has 2 unspecified atom stereocenters. The molecule has 3 heterocycles. The number of ether oxygens (including phenoxy) is 1. The summed E-state index contributed by atoms with van der Waals surface area (Å²) >= 11 is 1.40. The van der Waals surface area contributed by atoms with Gasteiger partial charge in [0.25, 0.3) is 0 Å². The van der Waals surface area contributed by atoms with Crippen LogP contribution in [-0.2, 0) is 20.9 Å². The van der Waals surface area contributed by atoms with Gasteiger partial charge in [0, 0.05) is 11.6 Å². The Morgan fingerprint density at radius 2 is 2.00 bits per heavy atom. The van der Waals surface area contributed by atoms with E-state index in [9.17, 15) is 29.7 Å². The lowest BCUT2D eigenvalue weighted by molar-refractivity contribution is -0.688. The molecular formula is C22H22N2O7S. The first kappa shape index (κ1) is 22.1. The molecule has 1 aromatic carbocycles. The van der Waals surface area contributed by atoms with Crippen molar-refractivity contribution in [3.05, 3.63) is 59.9 Å². The average molecular weight is 458 g/mol. The van der Waals surface area contributed by atoms with E-state index in [4.69, 9.17) is 4.74 Å². The number of aliphatic hydroxyl groups is 1. The van der Waals surface area contributed by atoms with E-state index in [2.05, 4.69) is 0 Å². The number of amides is 1. The summed E-state index contributed by atoms with van der Waals surface area (Å²) in [5.41, 5.74) is 1.75. The highest BCUT2D eigenvalue weighted by molar-refractivity contribution is 8.00. The molecule has 1 aromatic heterocycles. The molecule has 0 radical (unpaired) electrons. The van der Waals surface area contributed by atoms with Gasteiger partial charge in [0.1, 0.15) is 12.6 Å². The second kappa shape index (κ2) is 8.79. The van der Waals surface area contributed by atoms with Gasteiger partial charge in [0.05, 0.1) is 28.6 Å². The number of carboxylic acids is 2. The molecule has 2 N–H and O–H groups in total. The highest BCUT2D eigenvalue weighted by atomic mass is 32.2. The van der Waals surface area contributed by atoms with E-state index < -0.39 is 41.9 Å². The Bertz CT molecular complexity index is 1040. The summed E-state index contributed by atoms with van der Waals surface area (Å²) in [5.74, 6) is -2.85. The van der Waals surface area contributed by atoms with Crippen LogP contribution >= 0.6 is 11.8 Å². The van der Waals surface area contributed by atoms with Crippen molar-refractivity contribution in [2.75, 3.05) is 6.61 Å². The summed E-state index contributed by atoms with van der Waals surface area (Å²) in [4.78, 5) is 36.2. The monoisotopic (exact) mass is 458 g/mol. The number of carboxylic acid groups (broad SMARTS) is 2. The molecule has 0 saturated carbocycles. The molecule has 2 saturated heterocycles. The van der Waals surface area contributed by atoms with Gasteiger partial charge in [-0.05, 0) is 18.6 Å². The number of carbonyl (C=O) groups is 3. The maximum Gasteiger partial charge on any atom is 0.327 e. The number of fused-ring (bicyclic) bond motifs is 1. The van der Waals surface area contributed by atoms with E-state index in [0.29, 0.717) is 12.3 Å². The molecule has 4 rings (SSSR count). The smallest absolute Gasteiger partial charge is 0.327 e. The highest BCUT2D eigenvalue weighted by Crippen LogP contribution is 2.55. The van der Waals surface area contributed by atoms with Crippen molar-refractivity contribution in [1.82, 2.24) is 4.90 Å². The van der Waals surface area contributed by atoms with Crippen molar-refractivity contribution in [1.29, 1.82) is 0 Å². The predicted molar refractivity (Wildman–Crippen MR) is 110 cm³/mol. The molecule has 0 aliphatic carbocycles. The quantitative estimate of drug-likeness (QED) is 0.402. The first-order chi connectivity index (χ1) is 15.3. The van der Waals surface area contributed by atoms with Crippen LogP contribution in [0.1, 0.15) is 23.3 Å². The number of nitrogens with zero attached hydrogens (tertiary/aromatic N) is 2. The number of carbonyl (C=O) groups excluding carboxylic acids is 2. The lowest BCUT2D eigenvalue weighted by atomic mass is 9.89. The van der Waals surface area contributed by atoms with Gasteiger partial charge in [-0.1, -0.05) is 24.3 Å². The number of aliphatic hydroxyl groups excluding tert-OH is 1. The minimum Gasteiger partial charge on any atom is -0.546 e. The molecule has 5 atom stereocenters. The van der Waals surface area contributed by atoms with E-state index in [1.165, 1.54) is 16.7 Å². The number of aromatic nitrogens is 1. The summed E-state index contributed by atoms with van der Waals surface area (Å²) in [5, 5.41) is 29.4. The van der Waals surface area contributed by atoms with Crippen LogP contribution in [0, 0.1) is 5.92 Å². The Morgan fingerprint density at radius 1 is 1.28 bits per heavy atom. The summed E-state index contributed by atoms with van der Waals surface area (Å²) in [7, 11) is 0. The fourth-order valence-electron chi connectivity index (χ4n) is 4.13. The van der Waals surface area contributed by atoms with Gasteiger partial charge in [-0.2, -0.15) is 4.57 Å². The maximum absolute atomic E-state index is 12.4. The number of aliphatic carboxylic acids is 2. The topological polar surface area (TPSA) is 131 Å². The van der Waals surface area contributed by atoms with Crippen LogP contribution in [0.25, 0.3) is 0 Å².